The molecule has 2 aromatic carbocycles. The monoisotopic (exact) mass is 386 g/mol. The smallest absolute Gasteiger partial charge is 0.267 e. The quantitative estimate of drug-likeness (QED) is 0.876. The number of amides is 2. The highest BCUT2D eigenvalue weighted by Gasteiger charge is 2.44. The van der Waals surface area contributed by atoms with Crippen LogP contribution in [0.2, 0.25) is 0 Å². The third-order valence-electron chi connectivity index (χ3n) is 4.77. The molecule has 0 radical (unpaired) electrons. The lowest BCUT2D eigenvalue weighted by molar-refractivity contribution is -0.128. The first-order chi connectivity index (χ1) is 12.7. The maximum atomic E-state index is 13.0. The first-order valence-electron chi connectivity index (χ1n) is 8.73. The van der Waals surface area contributed by atoms with Gasteiger partial charge in [-0.1, -0.05) is 35.9 Å². The predicted octanol–water partition coefficient (Wildman–Crippen LogP) is 2.93. The first-order valence-corrected chi connectivity index (χ1v) is 10.2. The highest BCUT2D eigenvalue weighted by molar-refractivity contribution is 7.89. The van der Waals surface area contributed by atoms with Gasteiger partial charge < -0.3 is 5.32 Å². The van der Waals surface area contributed by atoms with Gasteiger partial charge in [0.15, 0.2) is 0 Å². The van der Waals surface area contributed by atoms with Gasteiger partial charge in [-0.2, -0.15) is 0 Å². The molecule has 142 valence electrons. The molecule has 1 heterocycles. The summed E-state index contributed by atoms with van der Waals surface area (Å²) in [7, 11) is -4.09. The van der Waals surface area contributed by atoms with Crippen molar-refractivity contribution in [2.24, 2.45) is 0 Å². The van der Waals surface area contributed by atoms with Gasteiger partial charge in [-0.25, -0.2) is 12.7 Å². The minimum atomic E-state index is -4.09. The Morgan fingerprint density at radius 1 is 1.04 bits per heavy atom. The van der Waals surface area contributed by atoms with Crippen molar-refractivity contribution >= 4 is 27.5 Å². The lowest BCUT2D eigenvalue weighted by Gasteiger charge is -2.24. The molecule has 1 saturated heterocycles. The number of rotatable bonds is 4. The standard InChI is InChI=1S/C20H22N2O4S/c1-13-7-9-16(10-8-13)27(25,26)22-17(11-12-18(22)23)20(24)21-19-14(2)5-4-6-15(19)3/h4-10,17H,11-12H2,1-3H3,(H,21,24)/t17-/m1/s1. The fourth-order valence-electron chi connectivity index (χ4n) is 3.24. The zero-order chi connectivity index (χ0) is 19.8. The van der Waals surface area contributed by atoms with E-state index in [1.807, 2.05) is 39.0 Å². The molecule has 0 bridgehead atoms. The number of benzene rings is 2. The first kappa shape index (κ1) is 19.1. The Kier molecular flexibility index (Phi) is 5.06. The Labute approximate surface area is 159 Å². The molecule has 27 heavy (non-hydrogen) atoms. The topological polar surface area (TPSA) is 83.6 Å². The van der Waals surface area contributed by atoms with Crippen molar-refractivity contribution in [3.63, 3.8) is 0 Å². The number of para-hydroxylation sites is 1. The fourth-order valence-corrected chi connectivity index (χ4v) is 4.85. The summed E-state index contributed by atoms with van der Waals surface area (Å²) in [5.74, 6) is -1.05. The second-order valence-electron chi connectivity index (χ2n) is 6.82. The summed E-state index contributed by atoms with van der Waals surface area (Å²) in [5.41, 5.74) is 3.31. The molecule has 1 N–H and O–H groups in total. The van der Waals surface area contributed by atoms with E-state index in [1.54, 1.807) is 12.1 Å². The largest absolute Gasteiger partial charge is 0.324 e. The van der Waals surface area contributed by atoms with Crippen molar-refractivity contribution < 1.29 is 18.0 Å². The summed E-state index contributed by atoms with van der Waals surface area (Å²) >= 11 is 0. The molecule has 0 spiro atoms. The van der Waals surface area contributed by atoms with Crippen LogP contribution in [0.15, 0.2) is 47.4 Å². The summed E-state index contributed by atoms with van der Waals surface area (Å²) in [5, 5.41) is 2.81. The number of hydrogen-bond donors (Lipinski definition) is 1. The molecule has 0 unspecified atom stereocenters. The van der Waals surface area contributed by atoms with E-state index >= 15 is 0 Å². The van der Waals surface area contributed by atoms with Gasteiger partial charge in [-0.15, -0.1) is 0 Å². The van der Waals surface area contributed by atoms with Gasteiger partial charge in [0.2, 0.25) is 11.8 Å². The fraction of sp³-hybridized carbons (Fsp3) is 0.300. The van der Waals surface area contributed by atoms with Gasteiger partial charge >= 0.3 is 0 Å². The maximum Gasteiger partial charge on any atom is 0.267 e. The molecule has 6 nitrogen and oxygen atoms in total. The summed E-state index contributed by atoms with van der Waals surface area (Å²) in [6.07, 6.45) is 0.191. The maximum absolute atomic E-state index is 13.0. The van der Waals surface area contributed by atoms with Gasteiger partial charge in [-0.3, -0.25) is 9.59 Å². The number of hydrogen-bond acceptors (Lipinski definition) is 4. The van der Waals surface area contributed by atoms with E-state index in [9.17, 15) is 18.0 Å². The summed E-state index contributed by atoms with van der Waals surface area (Å²) in [4.78, 5) is 25.2. The summed E-state index contributed by atoms with van der Waals surface area (Å²) in [6.45, 7) is 5.57. The molecule has 1 fully saturated rings. The number of carbonyl (C=O) groups is 2. The number of anilines is 1. The zero-order valence-electron chi connectivity index (χ0n) is 15.5. The second-order valence-corrected chi connectivity index (χ2v) is 8.63. The van der Waals surface area contributed by atoms with Crippen LogP contribution >= 0.6 is 0 Å². The van der Waals surface area contributed by atoms with E-state index in [-0.39, 0.29) is 17.7 Å². The Balaban J connectivity index is 1.92. The van der Waals surface area contributed by atoms with Crippen molar-refractivity contribution in [1.29, 1.82) is 0 Å². The third kappa shape index (κ3) is 3.60. The van der Waals surface area contributed by atoms with Crippen molar-refractivity contribution in [3.8, 4) is 0 Å². The number of aryl methyl sites for hydroxylation is 3. The van der Waals surface area contributed by atoms with Gasteiger partial charge in [-0.05, 0) is 50.5 Å². The van der Waals surface area contributed by atoms with Gasteiger partial charge in [0.05, 0.1) is 4.90 Å². The lowest BCUT2D eigenvalue weighted by atomic mass is 10.1. The van der Waals surface area contributed by atoms with E-state index in [2.05, 4.69) is 5.32 Å². The van der Waals surface area contributed by atoms with Crippen molar-refractivity contribution in [2.75, 3.05) is 5.32 Å². The lowest BCUT2D eigenvalue weighted by Crippen LogP contribution is -2.45. The molecule has 7 heteroatoms. The van der Waals surface area contributed by atoms with E-state index in [4.69, 9.17) is 0 Å². The van der Waals surface area contributed by atoms with Crippen LogP contribution in [0.3, 0.4) is 0 Å². The molecule has 0 aliphatic carbocycles. The van der Waals surface area contributed by atoms with Gasteiger partial charge in [0.1, 0.15) is 6.04 Å². The molecule has 1 atom stereocenters. The second kappa shape index (κ2) is 7.15. The number of sulfonamides is 1. The molecule has 0 aromatic heterocycles. The Hall–Kier alpha value is -2.67. The van der Waals surface area contributed by atoms with Gasteiger partial charge in [0, 0.05) is 12.1 Å². The normalized spacial score (nSPS) is 17.2. The van der Waals surface area contributed by atoms with Gasteiger partial charge in [0.25, 0.3) is 10.0 Å². The predicted molar refractivity (Wildman–Crippen MR) is 103 cm³/mol. The highest BCUT2D eigenvalue weighted by atomic mass is 32.2. The Morgan fingerprint density at radius 3 is 2.22 bits per heavy atom. The number of nitrogens with one attached hydrogen (secondary N) is 1. The van der Waals surface area contributed by atoms with Crippen LogP contribution in [-0.4, -0.2) is 30.6 Å². The molecule has 0 saturated carbocycles. The van der Waals surface area contributed by atoms with E-state index in [1.165, 1.54) is 12.1 Å². The van der Waals surface area contributed by atoms with Crippen LogP contribution in [0.1, 0.15) is 29.5 Å². The minimum Gasteiger partial charge on any atom is -0.324 e. The number of nitrogens with zero attached hydrogens (tertiary/aromatic N) is 1. The molecular weight excluding hydrogens is 364 g/mol. The van der Waals surface area contributed by atoms with E-state index in [0.29, 0.717) is 5.69 Å². The Morgan fingerprint density at radius 2 is 1.63 bits per heavy atom. The van der Waals surface area contributed by atoms with Crippen LogP contribution in [0.25, 0.3) is 0 Å². The van der Waals surface area contributed by atoms with Crippen LogP contribution in [-0.2, 0) is 19.6 Å². The van der Waals surface area contributed by atoms with Crippen molar-refractivity contribution in [1.82, 2.24) is 4.31 Å². The molecule has 2 amide bonds. The molecule has 1 aliphatic rings. The SMILES string of the molecule is Cc1ccc(S(=O)(=O)N2C(=O)CC[C@@H]2C(=O)Nc2c(C)cccc2C)cc1. The van der Waals surface area contributed by atoms with Crippen molar-refractivity contribution in [3.05, 3.63) is 59.2 Å². The highest BCUT2D eigenvalue weighted by Crippen LogP contribution is 2.29. The van der Waals surface area contributed by atoms with Crippen molar-refractivity contribution in [2.45, 2.75) is 44.6 Å². The third-order valence-corrected chi connectivity index (χ3v) is 6.61. The molecule has 3 rings (SSSR count). The average molecular weight is 386 g/mol. The van der Waals surface area contributed by atoms with Crippen LogP contribution in [0.4, 0.5) is 5.69 Å². The van der Waals surface area contributed by atoms with Crippen LogP contribution < -0.4 is 5.32 Å². The van der Waals surface area contributed by atoms with E-state index in [0.717, 1.165) is 21.0 Å². The minimum absolute atomic E-state index is 0.00761. The van der Waals surface area contributed by atoms with Crippen LogP contribution in [0, 0.1) is 20.8 Å². The molecule has 2 aromatic rings. The molecular formula is C20H22N2O4S. The number of carbonyl (C=O) groups excluding carboxylic acids is 2. The van der Waals surface area contributed by atoms with E-state index < -0.39 is 27.9 Å². The summed E-state index contributed by atoms with van der Waals surface area (Å²) < 4.78 is 26.7. The Bertz CT molecular complexity index is 977. The zero-order valence-corrected chi connectivity index (χ0v) is 16.3. The average Bonchev–Trinajstić information content (AvgIpc) is 3.01. The van der Waals surface area contributed by atoms with Crippen LogP contribution in [0.5, 0.6) is 0 Å². The summed E-state index contributed by atoms with van der Waals surface area (Å²) in [6, 6.07) is 10.8. The molecule has 1 aliphatic heterocycles.